The van der Waals surface area contributed by atoms with Crippen LogP contribution in [0.15, 0.2) is 66.7 Å². The van der Waals surface area contributed by atoms with E-state index in [1.165, 1.54) is 0 Å². The summed E-state index contributed by atoms with van der Waals surface area (Å²) in [6, 6.07) is 19.9. The molecule has 5 rings (SSSR count). The van der Waals surface area contributed by atoms with Gasteiger partial charge in [-0.1, -0.05) is 35.3 Å². The fourth-order valence-electron chi connectivity index (χ4n) is 4.97. The lowest BCUT2D eigenvalue weighted by Gasteiger charge is -2.35. The van der Waals surface area contributed by atoms with E-state index in [2.05, 4.69) is 4.98 Å². The van der Waals surface area contributed by atoms with Crippen molar-refractivity contribution in [2.75, 3.05) is 33.5 Å². The Morgan fingerprint density at radius 3 is 2.44 bits per heavy atom. The topological polar surface area (TPSA) is 73.0 Å². The average molecular weight is 569 g/mol. The number of carbonyl (C=O) groups is 1. The highest BCUT2D eigenvalue weighted by Gasteiger charge is 2.35. The predicted molar refractivity (Wildman–Crippen MR) is 152 cm³/mol. The van der Waals surface area contributed by atoms with Gasteiger partial charge >= 0.3 is 6.09 Å². The van der Waals surface area contributed by atoms with Crippen LogP contribution in [0.25, 0.3) is 10.9 Å². The minimum atomic E-state index is -0.441. The first-order chi connectivity index (χ1) is 19.0. The van der Waals surface area contributed by atoms with Gasteiger partial charge in [-0.15, -0.1) is 0 Å². The summed E-state index contributed by atoms with van der Waals surface area (Å²) >= 11 is 12.3. The normalized spacial score (nSPS) is 15.7. The molecule has 2 unspecified atom stereocenters. The molecule has 0 aliphatic carbocycles. The van der Waals surface area contributed by atoms with Gasteiger partial charge in [-0.2, -0.15) is 0 Å². The largest absolute Gasteiger partial charge is 0.491 e. The molecule has 1 aromatic heterocycles. The van der Waals surface area contributed by atoms with Gasteiger partial charge < -0.3 is 23.9 Å². The fraction of sp³-hybridized carbons (Fsp3) is 0.300. The van der Waals surface area contributed by atoms with Gasteiger partial charge in [-0.25, -0.2) is 4.79 Å². The molecule has 0 bridgehead atoms. The van der Waals surface area contributed by atoms with E-state index in [-0.39, 0.29) is 6.10 Å². The number of amides is 1. The predicted octanol–water partition coefficient (Wildman–Crippen LogP) is 7.05. The summed E-state index contributed by atoms with van der Waals surface area (Å²) < 4.78 is 22.6. The molecule has 9 heteroatoms. The Kier molecular flexibility index (Phi) is 8.63. The van der Waals surface area contributed by atoms with Gasteiger partial charge in [0.05, 0.1) is 6.61 Å². The zero-order valence-electron chi connectivity index (χ0n) is 21.8. The fourth-order valence-corrected chi connectivity index (χ4v) is 5.27. The number of aromatic nitrogens is 1. The number of hydrogen-bond donors (Lipinski definition) is 1. The van der Waals surface area contributed by atoms with E-state index in [1.807, 2.05) is 49.4 Å². The number of nitrogens with zero attached hydrogens (tertiary/aromatic N) is 1. The van der Waals surface area contributed by atoms with Gasteiger partial charge in [0, 0.05) is 46.9 Å². The lowest BCUT2D eigenvalue weighted by Crippen LogP contribution is -2.42. The maximum absolute atomic E-state index is 13.5. The van der Waals surface area contributed by atoms with Gasteiger partial charge in [0.25, 0.3) is 0 Å². The molecule has 7 nitrogen and oxygen atoms in total. The quantitative estimate of drug-likeness (QED) is 0.234. The van der Waals surface area contributed by atoms with Crippen LogP contribution >= 0.6 is 23.2 Å². The number of methoxy groups -OCH3 is 1. The number of ether oxygens (including phenoxy) is 4. The van der Waals surface area contributed by atoms with E-state index in [0.717, 1.165) is 27.7 Å². The smallest absolute Gasteiger partial charge is 0.416 e. The van der Waals surface area contributed by atoms with Crippen molar-refractivity contribution in [1.29, 1.82) is 0 Å². The molecule has 1 aliphatic heterocycles. The average Bonchev–Trinajstić information content (AvgIpc) is 3.31. The van der Waals surface area contributed by atoms with Crippen molar-refractivity contribution >= 4 is 40.2 Å². The highest BCUT2D eigenvalue weighted by atomic mass is 35.5. The molecule has 0 spiro atoms. The second-order valence-corrected chi connectivity index (χ2v) is 10.2. The number of aromatic amines is 1. The van der Waals surface area contributed by atoms with Gasteiger partial charge in [-0.05, 0) is 79.1 Å². The molecule has 204 valence electrons. The van der Waals surface area contributed by atoms with Crippen molar-refractivity contribution in [1.82, 2.24) is 9.88 Å². The third-order valence-corrected chi connectivity index (χ3v) is 7.22. The van der Waals surface area contributed by atoms with Crippen LogP contribution in [0, 0.1) is 0 Å². The van der Waals surface area contributed by atoms with E-state index in [4.69, 9.17) is 42.1 Å². The van der Waals surface area contributed by atoms with Crippen LogP contribution in [0.5, 0.6) is 11.5 Å². The Bertz CT molecular complexity index is 1420. The molecule has 4 aromatic rings. The lowest BCUT2D eigenvalue weighted by atomic mass is 9.92. The summed E-state index contributed by atoms with van der Waals surface area (Å²) in [5, 5.41) is 2.31. The second-order valence-electron chi connectivity index (χ2n) is 9.29. The molecule has 2 atom stereocenters. The number of fused-ring (bicyclic) bond motifs is 3. The number of benzene rings is 3. The van der Waals surface area contributed by atoms with Crippen molar-refractivity contribution in [3.63, 3.8) is 0 Å². The van der Waals surface area contributed by atoms with Gasteiger partial charge in [0.2, 0.25) is 0 Å². The highest BCUT2D eigenvalue weighted by molar-refractivity contribution is 6.31. The van der Waals surface area contributed by atoms with E-state index in [1.54, 1.807) is 36.3 Å². The molecule has 2 heterocycles. The standard InChI is InChI=1S/C30H30Cl2N2O5/c1-3-37-24(17-36-2)18-38-22-9-4-19(5-10-22)29-28-25(26-16-21(32)8-13-27(26)33-28)14-15-34(29)30(35)39-23-11-6-20(31)7-12-23/h4-13,16,24,29,33H,3,14-15,17-18H2,1-2H3. The maximum Gasteiger partial charge on any atom is 0.416 e. The van der Waals surface area contributed by atoms with Crippen molar-refractivity contribution < 1.29 is 23.7 Å². The number of rotatable bonds is 9. The third-order valence-electron chi connectivity index (χ3n) is 6.73. The molecule has 0 radical (unpaired) electrons. The first kappa shape index (κ1) is 27.3. The Hall–Kier alpha value is -3.23. The first-order valence-corrected chi connectivity index (χ1v) is 13.6. The molecule has 39 heavy (non-hydrogen) atoms. The van der Waals surface area contributed by atoms with Crippen LogP contribution in [0.3, 0.4) is 0 Å². The van der Waals surface area contributed by atoms with Crippen LogP contribution in [0.1, 0.15) is 29.8 Å². The molecule has 1 amide bonds. The van der Waals surface area contributed by atoms with Crippen LogP contribution in [0.2, 0.25) is 10.0 Å². The van der Waals surface area contributed by atoms with Crippen LogP contribution < -0.4 is 9.47 Å². The molecule has 0 fully saturated rings. The van der Waals surface area contributed by atoms with Crippen LogP contribution in [-0.4, -0.2) is 55.6 Å². The second kappa shape index (κ2) is 12.3. The minimum absolute atomic E-state index is 0.156. The summed E-state index contributed by atoms with van der Waals surface area (Å²) in [6.07, 6.45) is 0.0718. The van der Waals surface area contributed by atoms with Crippen molar-refractivity contribution in [3.8, 4) is 11.5 Å². The van der Waals surface area contributed by atoms with Gasteiger partial charge in [0.1, 0.15) is 30.3 Å². The number of H-pyrrole nitrogens is 1. The zero-order chi connectivity index (χ0) is 27.4. The molecule has 1 N–H and O–H groups in total. The Morgan fingerprint density at radius 1 is 1.00 bits per heavy atom. The minimum Gasteiger partial charge on any atom is -0.491 e. The highest BCUT2D eigenvalue weighted by Crippen LogP contribution is 2.40. The van der Waals surface area contributed by atoms with Crippen molar-refractivity contribution in [2.45, 2.75) is 25.5 Å². The van der Waals surface area contributed by atoms with E-state index < -0.39 is 12.1 Å². The molecule has 1 aliphatic rings. The molecular weight excluding hydrogens is 539 g/mol. The van der Waals surface area contributed by atoms with Crippen molar-refractivity contribution in [2.24, 2.45) is 0 Å². The zero-order valence-corrected chi connectivity index (χ0v) is 23.3. The van der Waals surface area contributed by atoms with Crippen molar-refractivity contribution in [3.05, 3.63) is 93.6 Å². The van der Waals surface area contributed by atoms with Gasteiger partial charge in [-0.3, -0.25) is 4.90 Å². The number of hydrogen-bond acceptors (Lipinski definition) is 5. The monoisotopic (exact) mass is 568 g/mol. The van der Waals surface area contributed by atoms with Crippen LogP contribution in [-0.2, 0) is 15.9 Å². The van der Waals surface area contributed by atoms with Gasteiger partial charge in [0.15, 0.2) is 0 Å². The maximum atomic E-state index is 13.5. The van der Waals surface area contributed by atoms with E-state index >= 15 is 0 Å². The first-order valence-electron chi connectivity index (χ1n) is 12.8. The van der Waals surface area contributed by atoms with Crippen LogP contribution in [0.4, 0.5) is 4.79 Å². The lowest BCUT2D eigenvalue weighted by molar-refractivity contribution is -0.0203. The number of carbonyl (C=O) groups excluding carboxylic acids is 1. The third kappa shape index (κ3) is 6.17. The van der Waals surface area contributed by atoms with E-state index in [0.29, 0.717) is 54.3 Å². The summed E-state index contributed by atoms with van der Waals surface area (Å²) in [5.41, 5.74) is 3.99. The number of halogens is 2. The molecular formula is C30H30Cl2N2O5. The molecule has 0 saturated carbocycles. The van der Waals surface area contributed by atoms with E-state index in [9.17, 15) is 4.79 Å². The SMILES string of the molecule is CCOC(COC)COc1ccc(C2c3[nH]c4ccc(Cl)cc4c3CCN2C(=O)Oc2ccc(Cl)cc2)cc1. The molecule has 0 saturated heterocycles. The number of nitrogens with one attached hydrogen (secondary N) is 1. The Balaban J connectivity index is 1.44. The summed E-state index contributed by atoms with van der Waals surface area (Å²) in [4.78, 5) is 18.8. The summed E-state index contributed by atoms with van der Waals surface area (Å²) in [7, 11) is 1.64. The summed E-state index contributed by atoms with van der Waals surface area (Å²) in [5.74, 6) is 1.13. The summed E-state index contributed by atoms with van der Waals surface area (Å²) in [6.45, 7) is 3.83. The Labute approximate surface area is 237 Å². The Morgan fingerprint density at radius 2 is 1.72 bits per heavy atom. The molecule has 3 aromatic carbocycles.